The first kappa shape index (κ1) is 21.1. The van der Waals surface area contributed by atoms with Crippen molar-refractivity contribution in [3.63, 3.8) is 0 Å². The summed E-state index contributed by atoms with van der Waals surface area (Å²) in [5, 5.41) is 14.3. The highest BCUT2D eigenvalue weighted by molar-refractivity contribution is 6.31. The van der Waals surface area contributed by atoms with Crippen LogP contribution in [-0.4, -0.2) is 55.5 Å². The topological polar surface area (TPSA) is 119 Å². The summed E-state index contributed by atoms with van der Waals surface area (Å²) in [6, 6.07) is 1.11. The van der Waals surface area contributed by atoms with Gasteiger partial charge in [0.25, 0.3) is 0 Å². The number of likely N-dealkylation sites (tertiary alicyclic amines) is 1. The lowest BCUT2D eigenvalue weighted by molar-refractivity contribution is 0.103. The first-order chi connectivity index (χ1) is 14.7. The Hall–Kier alpha value is -3.14. The Labute approximate surface area is 182 Å². The maximum Gasteiger partial charge on any atom is 0.407 e. The number of rotatable bonds is 5. The van der Waals surface area contributed by atoms with Crippen LogP contribution in [0.5, 0.6) is 5.75 Å². The van der Waals surface area contributed by atoms with Gasteiger partial charge in [-0.05, 0) is 26.8 Å². The number of halogens is 2. The molecule has 0 spiro atoms. The summed E-state index contributed by atoms with van der Waals surface area (Å²) in [6.45, 7) is 6.15. The molecule has 4 rings (SSSR count). The van der Waals surface area contributed by atoms with Crippen molar-refractivity contribution in [2.75, 3.05) is 25.4 Å². The molecular weight excluding hydrogens is 427 g/mol. The van der Waals surface area contributed by atoms with E-state index < -0.39 is 18.0 Å². The van der Waals surface area contributed by atoms with Gasteiger partial charge in [0.1, 0.15) is 23.7 Å². The molecule has 1 atom stereocenters. The zero-order valence-electron chi connectivity index (χ0n) is 17.3. The molecule has 1 unspecified atom stereocenters. The van der Waals surface area contributed by atoms with E-state index in [1.807, 2.05) is 13.8 Å². The second-order valence-electron chi connectivity index (χ2n) is 7.49. The number of aromatic nitrogens is 4. The number of fused-ring (bicyclic) bond motifs is 1. The third kappa shape index (κ3) is 3.40. The van der Waals surface area contributed by atoms with Crippen molar-refractivity contribution in [2.45, 2.75) is 32.7 Å². The van der Waals surface area contributed by atoms with Gasteiger partial charge in [0.15, 0.2) is 5.65 Å². The molecule has 1 aromatic carbocycles. The summed E-state index contributed by atoms with van der Waals surface area (Å²) in [4.78, 5) is 20.8. The number of carbonyl (C=O) groups is 1. The van der Waals surface area contributed by atoms with Crippen molar-refractivity contribution in [1.29, 1.82) is 0 Å². The molecule has 3 heterocycles. The predicted octanol–water partition coefficient (Wildman–Crippen LogP) is 3.59. The summed E-state index contributed by atoms with van der Waals surface area (Å²) in [7, 11) is 0. The second kappa shape index (κ2) is 7.84. The highest BCUT2D eigenvalue weighted by Gasteiger charge is 2.38. The molecule has 0 saturated carbocycles. The van der Waals surface area contributed by atoms with Gasteiger partial charge in [-0.3, -0.25) is 0 Å². The van der Waals surface area contributed by atoms with Crippen LogP contribution in [0.15, 0.2) is 12.4 Å². The SMILES string of the molecule is CCOc1c(C(C)n2nc(C)c3c(N)ncnc32)cc(Cl)c(F)c1C1CN(C(=O)O)C1. The van der Waals surface area contributed by atoms with E-state index in [1.165, 1.54) is 17.3 Å². The molecule has 0 radical (unpaired) electrons. The summed E-state index contributed by atoms with van der Waals surface area (Å²) < 4.78 is 22.7. The van der Waals surface area contributed by atoms with E-state index in [4.69, 9.17) is 27.2 Å². The molecular formula is C20H22ClFN6O3. The standard InChI is InChI=1S/C20H22ClFN6O3/c1-4-31-17-12(5-13(21)16(22)15(17)11-6-27(7-11)20(29)30)10(3)28-19-14(9(2)26-28)18(23)24-8-25-19/h5,8,10-11H,4,6-7H2,1-3H3,(H,29,30)(H2,23,24,25). The molecule has 0 bridgehead atoms. The van der Waals surface area contributed by atoms with Crippen LogP contribution in [0.2, 0.25) is 5.02 Å². The molecule has 0 aliphatic carbocycles. The van der Waals surface area contributed by atoms with E-state index in [0.29, 0.717) is 40.5 Å². The van der Waals surface area contributed by atoms with E-state index >= 15 is 4.39 Å². The molecule has 9 nitrogen and oxygen atoms in total. The lowest BCUT2D eigenvalue weighted by Gasteiger charge is -2.38. The molecule has 1 fully saturated rings. The van der Waals surface area contributed by atoms with Crippen molar-refractivity contribution in [2.24, 2.45) is 0 Å². The van der Waals surface area contributed by atoms with Crippen molar-refractivity contribution < 1.29 is 19.0 Å². The van der Waals surface area contributed by atoms with E-state index in [0.717, 1.165) is 0 Å². The zero-order chi connectivity index (χ0) is 22.4. The normalized spacial score (nSPS) is 15.2. The number of amides is 1. The Morgan fingerprint density at radius 2 is 2.16 bits per heavy atom. The Morgan fingerprint density at radius 3 is 2.81 bits per heavy atom. The number of benzene rings is 1. The monoisotopic (exact) mass is 448 g/mol. The number of nitrogen functional groups attached to an aromatic ring is 1. The molecule has 1 aliphatic rings. The van der Waals surface area contributed by atoms with Gasteiger partial charge >= 0.3 is 6.09 Å². The minimum atomic E-state index is -1.04. The molecule has 3 aromatic rings. The van der Waals surface area contributed by atoms with Crippen LogP contribution in [0.25, 0.3) is 11.0 Å². The lowest BCUT2D eigenvalue weighted by Crippen LogP contribution is -2.48. The molecule has 1 aliphatic heterocycles. The number of nitrogens with two attached hydrogens (primary N) is 1. The highest BCUT2D eigenvalue weighted by atomic mass is 35.5. The molecule has 2 aromatic heterocycles. The summed E-state index contributed by atoms with van der Waals surface area (Å²) in [5.74, 6) is -0.261. The van der Waals surface area contributed by atoms with Crippen LogP contribution in [0.4, 0.5) is 15.0 Å². The van der Waals surface area contributed by atoms with Crippen LogP contribution in [0.3, 0.4) is 0 Å². The lowest BCUT2D eigenvalue weighted by atomic mass is 9.88. The molecule has 31 heavy (non-hydrogen) atoms. The number of hydrogen-bond donors (Lipinski definition) is 2. The van der Waals surface area contributed by atoms with Gasteiger partial charge in [0.2, 0.25) is 0 Å². The summed E-state index contributed by atoms with van der Waals surface area (Å²) in [6.07, 6.45) is 0.324. The van der Waals surface area contributed by atoms with E-state index in [1.54, 1.807) is 11.6 Å². The van der Waals surface area contributed by atoms with Crippen LogP contribution < -0.4 is 10.5 Å². The first-order valence-corrected chi connectivity index (χ1v) is 10.2. The fourth-order valence-electron chi connectivity index (χ4n) is 4.02. The van der Waals surface area contributed by atoms with Crippen LogP contribution in [0.1, 0.15) is 42.6 Å². The van der Waals surface area contributed by atoms with Gasteiger partial charge in [0, 0.05) is 30.1 Å². The number of nitrogens with zero attached hydrogens (tertiary/aromatic N) is 5. The average molecular weight is 449 g/mol. The number of ether oxygens (including phenoxy) is 1. The fraction of sp³-hybridized carbons (Fsp3) is 0.400. The van der Waals surface area contributed by atoms with Crippen LogP contribution in [0, 0.1) is 12.7 Å². The van der Waals surface area contributed by atoms with Crippen molar-refractivity contribution in [3.05, 3.63) is 40.1 Å². The number of hydrogen-bond acceptors (Lipinski definition) is 6. The molecule has 3 N–H and O–H groups in total. The molecule has 164 valence electrons. The van der Waals surface area contributed by atoms with E-state index in [2.05, 4.69) is 15.1 Å². The van der Waals surface area contributed by atoms with Gasteiger partial charge in [0.05, 0.1) is 28.8 Å². The van der Waals surface area contributed by atoms with Gasteiger partial charge in [-0.15, -0.1) is 0 Å². The van der Waals surface area contributed by atoms with Crippen LogP contribution in [-0.2, 0) is 0 Å². The number of anilines is 1. The number of aryl methyl sites for hydroxylation is 1. The third-order valence-corrected chi connectivity index (χ3v) is 5.87. The van der Waals surface area contributed by atoms with Crippen molar-refractivity contribution in [3.8, 4) is 5.75 Å². The van der Waals surface area contributed by atoms with Crippen LogP contribution >= 0.6 is 11.6 Å². The van der Waals surface area contributed by atoms with E-state index in [-0.39, 0.29) is 29.6 Å². The zero-order valence-corrected chi connectivity index (χ0v) is 18.0. The van der Waals surface area contributed by atoms with Gasteiger partial charge in [-0.2, -0.15) is 5.10 Å². The molecule has 1 amide bonds. The second-order valence-corrected chi connectivity index (χ2v) is 7.89. The van der Waals surface area contributed by atoms with Crippen molar-refractivity contribution >= 4 is 34.5 Å². The van der Waals surface area contributed by atoms with Crippen molar-refractivity contribution in [1.82, 2.24) is 24.6 Å². The minimum Gasteiger partial charge on any atom is -0.493 e. The summed E-state index contributed by atoms with van der Waals surface area (Å²) in [5.41, 5.74) is 8.13. The fourth-order valence-corrected chi connectivity index (χ4v) is 4.24. The number of carboxylic acid groups (broad SMARTS) is 1. The van der Waals surface area contributed by atoms with E-state index in [9.17, 15) is 4.79 Å². The largest absolute Gasteiger partial charge is 0.493 e. The average Bonchev–Trinajstić information content (AvgIpc) is 3.02. The quantitative estimate of drug-likeness (QED) is 0.611. The highest BCUT2D eigenvalue weighted by Crippen LogP contribution is 2.43. The van der Waals surface area contributed by atoms with Gasteiger partial charge in [-0.25, -0.2) is 23.8 Å². The predicted molar refractivity (Wildman–Crippen MR) is 113 cm³/mol. The van der Waals surface area contributed by atoms with Gasteiger partial charge < -0.3 is 20.5 Å². The Bertz CT molecular complexity index is 1180. The minimum absolute atomic E-state index is 0.0589. The first-order valence-electron chi connectivity index (χ1n) is 9.82. The van der Waals surface area contributed by atoms with Gasteiger partial charge in [-0.1, -0.05) is 11.6 Å². The maximum absolute atomic E-state index is 15.1. The summed E-state index contributed by atoms with van der Waals surface area (Å²) >= 11 is 6.26. The molecule has 11 heteroatoms. The smallest absolute Gasteiger partial charge is 0.407 e. The Morgan fingerprint density at radius 1 is 1.45 bits per heavy atom. The Kier molecular flexibility index (Phi) is 5.34. The maximum atomic E-state index is 15.1. The Balaban J connectivity index is 1.85. The molecule has 1 saturated heterocycles. The third-order valence-electron chi connectivity index (χ3n) is 5.59.